The van der Waals surface area contributed by atoms with Crippen molar-refractivity contribution < 1.29 is 8.42 Å². The molecule has 2 aliphatic rings. The number of hydrogen-bond acceptors (Lipinski definition) is 4. The maximum Gasteiger partial charge on any atom is 0.211 e. The van der Waals surface area contributed by atoms with Gasteiger partial charge in [0.15, 0.2) is 0 Å². The molecular formula is C16H25N3O2S. The summed E-state index contributed by atoms with van der Waals surface area (Å²) < 4.78 is 25.2. The summed E-state index contributed by atoms with van der Waals surface area (Å²) >= 11 is 0. The zero-order valence-electron chi connectivity index (χ0n) is 13.1. The summed E-state index contributed by atoms with van der Waals surface area (Å²) in [4.78, 5) is 2.35. The molecule has 6 heteroatoms. The van der Waals surface area contributed by atoms with Gasteiger partial charge in [0.2, 0.25) is 10.0 Å². The second-order valence-corrected chi connectivity index (χ2v) is 8.61. The molecule has 1 fully saturated rings. The average molecular weight is 323 g/mol. The Labute approximate surface area is 133 Å². The summed E-state index contributed by atoms with van der Waals surface area (Å²) in [5.41, 5.74) is 8.76. The normalized spacial score (nSPS) is 26.7. The summed E-state index contributed by atoms with van der Waals surface area (Å²) in [7, 11) is -3.08. The fraction of sp³-hybridized carbons (Fsp3) is 0.625. The lowest BCUT2D eigenvalue weighted by Gasteiger charge is -2.39. The first-order chi connectivity index (χ1) is 10.4. The van der Waals surface area contributed by atoms with Gasteiger partial charge in [-0.25, -0.2) is 12.7 Å². The van der Waals surface area contributed by atoms with Crippen LogP contribution in [0.4, 0.5) is 5.69 Å². The van der Waals surface area contributed by atoms with E-state index in [2.05, 4.69) is 29.2 Å². The van der Waals surface area contributed by atoms with Crippen LogP contribution in [0.2, 0.25) is 0 Å². The Bertz CT molecular complexity index is 632. The number of nitrogens with two attached hydrogens (primary N) is 1. The second-order valence-electron chi connectivity index (χ2n) is 6.63. The van der Waals surface area contributed by atoms with Crippen LogP contribution in [-0.4, -0.2) is 51.2 Å². The molecule has 122 valence electrons. The standard InChI is InChI=1S/C16H25N3O2S/c1-22(20,21)19-8-4-5-13(11-19)10-18-12-15(17)9-14-6-2-3-7-16(14)18/h2-3,6-7,13,15H,4-5,8-12,17H2,1H3. The lowest BCUT2D eigenvalue weighted by Crippen LogP contribution is -2.48. The molecular weight excluding hydrogens is 298 g/mol. The molecule has 0 amide bonds. The molecule has 1 saturated heterocycles. The number of sulfonamides is 1. The van der Waals surface area contributed by atoms with Crippen molar-refractivity contribution in [3.8, 4) is 0 Å². The maximum atomic E-state index is 11.8. The lowest BCUT2D eigenvalue weighted by molar-refractivity contribution is 0.268. The summed E-state index contributed by atoms with van der Waals surface area (Å²) in [5, 5.41) is 0. The third kappa shape index (κ3) is 3.45. The van der Waals surface area contributed by atoms with E-state index in [1.54, 1.807) is 4.31 Å². The van der Waals surface area contributed by atoms with Crippen molar-refractivity contribution in [1.29, 1.82) is 0 Å². The zero-order valence-corrected chi connectivity index (χ0v) is 13.9. The van der Waals surface area contributed by atoms with Gasteiger partial charge >= 0.3 is 0 Å². The van der Waals surface area contributed by atoms with E-state index in [9.17, 15) is 8.42 Å². The summed E-state index contributed by atoms with van der Waals surface area (Å²) in [6.45, 7) is 3.03. The van der Waals surface area contributed by atoms with Crippen LogP contribution in [0.5, 0.6) is 0 Å². The zero-order chi connectivity index (χ0) is 15.7. The predicted molar refractivity (Wildman–Crippen MR) is 89.5 cm³/mol. The summed E-state index contributed by atoms with van der Waals surface area (Å²) in [6, 6.07) is 8.57. The van der Waals surface area contributed by atoms with Gasteiger partial charge in [0.1, 0.15) is 0 Å². The molecule has 0 aromatic heterocycles. The number of hydrogen-bond donors (Lipinski definition) is 1. The van der Waals surface area contributed by atoms with Gasteiger partial charge in [0.25, 0.3) is 0 Å². The smallest absolute Gasteiger partial charge is 0.211 e. The Hall–Kier alpha value is -1.11. The van der Waals surface area contributed by atoms with Gasteiger partial charge in [-0.1, -0.05) is 18.2 Å². The topological polar surface area (TPSA) is 66.6 Å². The predicted octanol–water partition coefficient (Wildman–Crippen LogP) is 1.05. The highest BCUT2D eigenvalue weighted by Crippen LogP contribution is 2.29. The Morgan fingerprint density at radius 2 is 2.05 bits per heavy atom. The van der Waals surface area contributed by atoms with Crippen LogP contribution in [0.15, 0.2) is 24.3 Å². The molecule has 2 atom stereocenters. The van der Waals surface area contributed by atoms with Crippen molar-refractivity contribution >= 4 is 15.7 Å². The van der Waals surface area contributed by atoms with Crippen LogP contribution in [0.25, 0.3) is 0 Å². The maximum absolute atomic E-state index is 11.8. The number of para-hydroxylation sites is 1. The molecule has 2 heterocycles. The molecule has 1 aromatic carbocycles. The van der Waals surface area contributed by atoms with Crippen LogP contribution < -0.4 is 10.6 Å². The molecule has 5 nitrogen and oxygen atoms in total. The van der Waals surface area contributed by atoms with Crippen molar-refractivity contribution in [3.05, 3.63) is 29.8 Å². The van der Waals surface area contributed by atoms with E-state index in [4.69, 9.17) is 5.73 Å². The van der Waals surface area contributed by atoms with Crippen molar-refractivity contribution in [2.45, 2.75) is 25.3 Å². The molecule has 22 heavy (non-hydrogen) atoms. The van der Waals surface area contributed by atoms with Crippen molar-refractivity contribution in [1.82, 2.24) is 4.31 Å². The van der Waals surface area contributed by atoms with E-state index in [1.807, 2.05) is 0 Å². The first kappa shape index (κ1) is 15.8. The largest absolute Gasteiger partial charge is 0.369 e. The first-order valence-electron chi connectivity index (χ1n) is 7.97. The number of benzene rings is 1. The third-order valence-corrected chi connectivity index (χ3v) is 5.97. The molecule has 0 aliphatic carbocycles. The second kappa shape index (κ2) is 6.18. The van der Waals surface area contributed by atoms with Crippen LogP contribution in [0, 0.1) is 5.92 Å². The van der Waals surface area contributed by atoms with Gasteiger partial charge in [0, 0.05) is 37.9 Å². The molecule has 3 rings (SSSR count). The van der Waals surface area contributed by atoms with Crippen LogP contribution in [0.3, 0.4) is 0 Å². The van der Waals surface area contributed by atoms with Crippen molar-refractivity contribution in [2.24, 2.45) is 11.7 Å². The van der Waals surface area contributed by atoms with Gasteiger partial charge in [-0.05, 0) is 36.8 Å². The van der Waals surface area contributed by atoms with E-state index in [0.717, 1.165) is 32.4 Å². The fourth-order valence-electron chi connectivity index (χ4n) is 3.68. The minimum Gasteiger partial charge on any atom is -0.369 e. The number of nitrogens with zero attached hydrogens (tertiary/aromatic N) is 2. The summed E-state index contributed by atoms with van der Waals surface area (Å²) in [6.07, 6.45) is 4.26. The van der Waals surface area contributed by atoms with Crippen LogP contribution in [0.1, 0.15) is 18.4 Å². The molecule has 2 unspecified atom stereocenters. The quantitative estimate of drug-likeness (QED) is 0.903. The Morgan fingerprint density at radius 3 is 2.82 bits per heavy atom. The number of fused-ring (bicyclic) bond motifs is 1. The van der Waals surface area contributed by atoms with E-state index in [1.165, 1.54) is 17.5 Å². The minimum atomic E-state index is -3.08. The molecule has 0 saturated carbocycles. The third-order valence-electron chi connectivity index (χ3n) is 4.70. The van der Waals surface area contributed by atoms with Crippen molar-refractivity contribution in [2.75, 3.05) is 37.3 Å². The highest BCUT2D eigenvalue weighted by molar-refractivity contribution is 7.88. The molecule has 2 aliphatic heterocycles. The summed E-state index contributed by atoms with van der Waals surface area (Å²) in [5.74, 6) is 0.377. The Kier molecular flexibility index (Phi) is 4.43. The van der Waals surface area contributed by atoms with Gasteiger partial charge in [-0.15, -0.1) is 0 Å². The molecule has 0 spiro atoms. The van der Waals surface area contributed by atoms with Gasteiger partial charge in [-0.3, -0.25) is 0 Å². The average Bonchev–Trinajstić information content (AvgIpc) is 2.46. The SMILES string of the molecule is CS(=O)(=O)N1CCCC(CN2CC(N)Cc3ccccc32)C1. The lowest BCUT2D eigenvalue weighted by atomic mass is 9.94. The van der Waals surface area contributed by atoms with Crippen LogP contribution in [-0.2, 0) is 16.4 Å². The van der Waals surface area contributed by atoms with Crippen molar-refractivity contribution in [3.63, 3.8) is 0 Å². The van der Waals surface area contributed by atoms with E-state index in [0.29, 0.717) is 19.0 Å². The Morgan fingerprint density at radius 1 is 1.27 bits per heavy atom. The monoisotopic (exact) mass is 323 g/mol. The van der Waals surface area contributed by atoms with Gasteiger partial charge in [0.05, 0.1) is 6.26 Å². The highest BCUT2D eigenvalue weighted by Gasteiger charge is 2.29. The van der Waals surface area contributed by atoms with Gasteiger partial charge < -0.3 is 10.6 Å². The van der Waals surface area contributed by atoms with Crippen LogP contribution >= 0.6 is 0 Å². The molecule has 0 radical (unpaired) electrons. The number of piperidine rings is 1. The molecule has 1 aromatic rings. The van der Waals surface area contributed by atoms with E-state index < -0.39 is 10.0 Å². The van der Waals surface area contributed by atoms with Gasteiger partial charge in [-0.2, -0.15) is 0 Å². The molecule has 0 bridgehead atoms. The number of anilines is 1. The first-order valence-corrected chi connectivity index (χ1v) is 9.82. The van der Waals surface area contributed by atoms with E-state index >= 15 is 0 Å². The fourth-order valence-corrected chi connectivity index (χ4v) is 4.62. The number of rotatable bonds is 3. The van der Waals surface area contributed by atoms with E-state index in [-0.39, 0.29) is 6.04 Å². The highest BCUT2D eigenvalue weighted by atomic mass is 32.2. The minimum absolute atomic E-state index is 0.157. The molecule has 2 N–H and O–H groups in total. The Balaban J connectivity index is 1.73.